The monoisotopic (exact) mass is 453 g/mol. The summed E-state index contributed by atoms with van der Waals surface area (Å²) in [6.07, 6.45) is 6.02. The van der Waals surface area contributed by atoms with Gasteiger partial charge in [0.05, 0.1) is 18.3 Å². The lowest BCUT2D eigenvalue weighted by atomic mass is 9.85. The van der Waals surface area contributed by atoms with E-state index in [2.05, 4.69) is 12.2 Å². The first-order valence-electron chi connectivity index (χ1n) is 11.3. The number of amides is 2. The predicted octanol–water partition coefficient (Wildman–Crippen LogP) is 5.00. The summed E-state index contributed by atoms with van der Waals surface area (Å²) in [5.74, 6) is 0.111. The Morgan fingerprint density at radius 3 is 2.81 bits per heavy atom. The Bertz CT molecular complexity index is 1180. The highest BCUT2D eigenvalue weighted by atomic mass is 35.5. The SMILES string of the molecule is C[C@@H]1CCCC[C@H]1NC(=O)[C@@]1(C)Cn2c(cc3occc32)C(=O)N1Cc1ccccc1Cl. The van der Waals surface area contributed by atoms with Crippen LogP contribution in [-0.4, -0.2) is 32.9 Å². The van der Waals surface area contributed by atoms with E-state index in [-0.39, 0.29) is 24.4 Å². The van der Waals surface area contributed by atoms with Gasteiger partial charge in [-0.3, -0.25) is 9.59 Å². The minimum absolute atomic E-state index is 0.118. The Kier molecular flexibility index (Phi) is 5.28. The number of benzene rings is 1. The van der Waals surface area contributed by atoms with Gasteiger partial charge in [-0.2, -0.15) is 0 Å². The Morgan fingerprint density at radius 1 is 1.25 bits per heavy atom. The first kappa shape index (κ1) is 21.1. The number of hydrogen-bond donors (Lipinski definition) is 1. The first-order valence-corrected chi connectivity index (χ1v) is 11.7. The van der Waals surface area contributed by atoms with E-state index in [1.807, 2.05) is 41.8 Å². The number of halogens is 1. The van der Waals surface area contributed by atoms with Gasteiger partial charge in [0, 0.05) is 29.7 Å². The molecular formula is C25H28ClN3O3. The molecule has 3 aromatic rings. The third kappa shape index (κ3) is 3.41. The van der Waals surface area contributed by atoms with E-state index in [4.69, 9.17) is 16.0 Å². The summed E-state index contributed by atoms with van der Waals surface area (Å²) in [5.41, 5.74) is 1.76. The summed E-state index contributed by atoms with van der Waals surface area (Å²) in [7, 11) is 0. The average Bonchev–Trinajstić information content (AvgIpc) is 3.36. The molecule has 1 aliphatic heterocycles. The molecule has 1 saturated carbocycles. The number of rotatable bonds is 4. The zero-order valence-corrected chi connectivity index (χ0v) is 19.2. The van der Waals surface area contributed by atoms with Crippen LogP contribution in [0.4, 0.5) is 0 Å². The molecule has 1 fully saturated rings. The molecule has 3 atom stereocenters. The minimum Gasteiger partial charge on any atom is -0.463 e. The van der Waals surface area contributed by atoms with Gasteiger partial charge in [-0.05, 0) is 37.3 Å². The number of aromatic nitrogens is 1. The van der Waals surface area contributed by atoms with E-state index in [9.17, 15) is 9.59 Å². The lowest BCUT2D eigenvalue weighted by molar-refractivity contribution is -0.134. The maximum Gasteiger partial charge on any atom is 0.271 e. The molecule has 0 saturated heterocycles. The number of nitrogens with zero attached hydrogens (tertiary/aromatic N) is 2. The molecule has 2 aliphatic rings. The molecule has 1 N–H and O–H groups in total. The van der Waals surface area contributed by atoms with E-state index in [0.717, 1.165) is 30.3 Å². The highest BCUT2D eigenvalue weighted by Gasteiger charge is 2.48. The molecule has 1 aliphatic carbocycles. The van der Waals surface area contributed by atoms with Gasteiger partial charge >= 0.3 is 0 Å². The summed E-state index contributed by atoms with van der Waals surface area (Å²) in [5, 5.41) is 3.87. The quantitative estimate of drug-likeness (QED) is 0.604. The second kappa shape index (κ2) is 8.00. The first-order chi connectivity index (χ1) is 15.4. The van der Waals surface area contributed by atoms with Gasteiger partial charge in [0.25, 0.3) is 5.91 Å². The highest BCUT2D eigenvalue weighted by molar-refractivity contribution is 6.31. The predicted molar refractivity (Wildman–Crippen MR) is 123 cm³/mol. The molecule has 1 aromatic carbocycles. The molecular weight excluding hydrogens is 426 g/mol. The summed E-state index contributed by atoms with van der Waals surface area (Å²) in [6, 6.07) is 11.2. The van der Waals surface area contributed by atoms with E-state index in [0.29, 0.717) is 28.8 Å². The Labute approximate surface area is 192 Å². The van der Waals surface area contributed by atoms with Crippen LogP contribution in [-0.2, 0) is 17.9 Å². The van der Waals surface area contributed by atoms with Crippen LogP contribution >= 0.6 is 11.6 Å². The van der Waals surface area contributed by atoms with Crippen molar-refractivity contribution < 1.29 is 14.0 Å². The van der Waals surface area contributed by atoms with Gasteiger partial charge in [-0.25, -0.2) is 0 Å². The van der Waals surface area contributed by atoms with Crippen molar-refractivity contribution in [3.63, 3.8) is 0 Å². The van der Waals surface area contributed by atoms with Gasteiger partial charge < -0.3 is 19.2 Å². The zero-order valence-electron chi connectivity index (χ0n) is 18.4. The third-order valence-corrected chi connectivity index (χ3v) is 7.62. The van der Waals surface area contributed by atoms with Crippen molar-refractivity contribution in [2.45, 2.75) is 64.2 Å². The van der Waals surface area contributed by atoms with Gasteiger partial charge in [0.2, 0.25) is 5.91 Å². The molecule has 0 unspecified atom stereocenters. The van der Waals surface area contributed by atoms with Crippen LogP contribution < -0.4 is 5.32 Å². The minimum atomic E-state index is -1.07. The maximum atomic E-state index is 13.8. The van der Waals surface area contributed by atoms with Crippen LogP contribution in [0.3, 0.4) is 0 Å². The van der Waals surface area contributed by atoms with Crippen molar-refractivity contribution in [3.05, 3.63) is 58.9 Å². The molecule has 2 amide bonds. The van der Waals surface area contributed by atoms with E-state index in [1.54, 1.807) is 17.2 Å². The maximum absolute atomic E-state index is 13.8. The highest BCUT2D eigenvalue weighted by Crippen LogP contribution is 2.35. The van der Waals surface area contributed by atoms with Gasteiger partial charge in [0.1, 0.15) is 11.2 Å². The van der Waals surface area contributed by atoms with E-state index < -0.39 is 5.54 Å². The third-order valence-electron chi connectivity index (χ3n) is 7.25. The second-order valence-corrected chi connectivity index (χ2v) is 9.79. The van der Waals surface area contributed by atoms with Crippen LogP contribution in [0.5, 0.6) is 0 Å². The smallest absolute Gasteiger partial charge is 0.271 e. The Hall–Kier alpha value is -2.73. The summed E-state index contributed by atoms with van der Waals surface area (Å²) >= 11 is 6.43. The van der Waals surface area contributed by atoms with Crippen LogP contribution in [0.25, 0.3) is 11.1 Å². The zero-order chi connectivity index (χ0) is 22.5. The standard InChI is InChI=1S/C25H28ClN3O3/c1-16-7-3-6-10-19(16)27-24(31)25(2)15-28-20-11-12-32-22(20)13-21(28)23(30)29(25)14-17-8-4-5-9-18(17)26/h4-5,8-9,11-13,16,19H,3,6-7,10,14-15H2,1-2H3,(H,27,31)/t16-,19-,25-/m1/s1. The summed E-state index contributed by atoms with van der Waals surface area (Å²) < 4.78 is 7.45. The van der Waals surface area contributed by atoms with Crippen LogP contribution in [0, 0.1) is 5.92 Å². The number of nitrogens with one attached hydrogen (secondary N) is 1. The lowest BCUT2D eigenvalue weighted by Crippen LogP contribution is -2.65. The van der Waals surface area contributed by atoms with Crippen LogP contribution in [0.1, 0.15) is 55.6 Å². The normalized spacial score (nSPS) is 25.7. The van der Waals surface area contributed by atoms with E-state index >= 15 is 0 Å². The number of carbonyl (C=O) groups excluding carboxylic acids is 2. The fraction of sp³-hybridized carbons (Fsp3) is 0.440. The number of hydrogen-bond acceptors (Lipinski definition) is 3. The molecule has 5 rings (SSSR count). The average molecular weight is 454 g/mol. The summed E-state index contributed by atoms with van der Waals surface area (Å²) in [6.45, 7) is 4.67. The van der Waals surface area contributed by atoms with Crippen molar-refractivity contribution >= 4 is 34.5 Å². The van der Waals surface area contributed by atoms with Crippen molar-refractivity contribution in [2.75, 3.05) is 0 Å². The van der Waals surface area contributed by atoms with Crippen LogP contribution in [0.2, 0.25) is 5.02 Å². The fourth-order valence-electron chi connectivity index (χ4n) is 5.17. The van der Waals surface area contributed by atoms with Gasteiger partial charge in [0.15, 0.2) is 5.58 Å². The molecule has 0 radical (unpaired) electrons. The van der Waals surface area contributed by atoms with Crippen molar-refractivity contribution in [2.24, 2.45) is 5.92 Å². The molecule has 168 valence electrons. The molecule has 7 heteroatoms. The second-order valence-electron chi connectivity index (χ2n) is 9.38. The molecule has 3 heterocycles. The lowest BCUT2D eigenvalue weighted by Gasteiger charge is -2.45. The molecule has 2 aromatic heterocycles. The van der Waals surface area contributed by atoms with E-state index in [1.165, 1.54) is 6.42 Å². The molecule has 6 nitrogen and oxygen atoms in total. The number of fused-ring (bicyclic) bond motifs is 3. The molecule has 0 spiro atoms. The Balaban J connectivity index is 1.54. The van der Waals surface area contributed by atoms with Crippen LogP contribution in [0.15, 0.2) is 47.1 Å². The molecule has 32 heavy (non-hydrogen) atoms. The van der Waals surface area contributed by atoms with Crippen molar-refractivity contribution in [3.8, 4) is 0 Å². The topological polar surface area (TPSA) is 67.5 Å². The van der Waals surface area contributed by atoms with Crippen molar-refractivity contribution in [1.29, 1.82) is 0 Å². The van der Waals surface area contributed by atoms with Gasteiger partial charge in [-0.1, -0.05) is 49.6 Å². The summed E-state index contributed by atoms with van der Waals surface area (Å²) in [4.78, 5) is 29.2. The van der Waals surface area contributed by atoms with Gasteiger partial charge in [-0.15, -0.1) is 0 Å². The molecule has 0 bridgehead atoms. The van der Waals surface area contributed by atoms with Crippen molar-refractivity contribution in [1.82, 2.24) is 14.8 Å². The Morgan fingerprint density at radius 2 is 2.03 bits per heavy atom. The number of carbonyl (C=O) groups is 2. The fourth-order valence-corrected chi connectivity index (χ4v) is 5.37. The largest absolute Gasteiger partial charge is 0.463 e. The number of furan rings is 1.